The molecular weight excluding hydrogens is 342 g/mol. The Morgan fingerprint density at radius 2 is 1.80 bits per heavy atom. The quantitative estimate of drug-likeness (QED) is 0.869. The van der Waals surface area contributed by atoms with Crippen molar-refractivity contribution < 1.29 is 13.2 Å². The third-order valence-corrected chi connectivity index (χ3v) is 5.64. The monoisotopic (exact) mass is 363 g/mol. The molecule has 0 radical (unpaired) electrons. The summed E-state index contributed by atoms with van der Waals surface area (Å²) in [6.45, 7) is 3.63. The number of sulfonamides is 1. The lowest BCUT2D eigenvalue weighted by Crippen LogP contribution is -2.29. The van der Waals surface area contributed by atoms with Gasteiger partial charge in [0.05, 0.1) is 4.90 Å². The molecule has 1 heterocycles. The largest absolute Gasteiger partial charge is 0.325 e. The van der Waals surface area contributed by atoms with Crippen LogP contribution in [0, 0.1) is 13.8 Å². The fraction of sp³-hybridized carbons (Fsp3) is 0.294. The van der Waals surface area contributed by atoms with E-state index >= 15 is 0 Å². The van der Waals surface area contributed by atoms with Gasteiger partial charge in [0.15, 0.2) is 0 Å². The molecule has 0 bridgehead atoms. The first-order valence-corrected chi connectivity index (χ1v) is 9.05. The summed E-state index contributed by atoms with van der Waals surface area (Å²) in [4.78, 5) is 24.1. The van der Waals surface area contributed by atoms with Gasteiger partial charge in [-0.2, -0.15) is 0 Å². The summed E-state index contributed by atoms with van der Waals surface area (Å²) in [5, 5.41) is 2.71. The van der Waals surface area contributed by atoms with Gasteiger partial charge in [0.1, 0.15) is 6.54 Å². The molecule has 8 heteroatoms. The van der Waals surface area contributed by atoms with E-state index in [0.29, 0.717) is 5.69 Å². The van der Waals surface area contributed by atoms with Crippen LogP contribution in [0.2, 0.25) is 0 Å². The Morgan fingerprint density at radius 1 is 1.12 bits per heavy atom. The van der Waals surface area contributed by atoms with Crippen molar-refractivity contribution in [3.05, 3.63) is 58.0 Å². The maximum absolute atomic E-state index is 12.2. The fourth-order valence-corrected chi connectivity index (χ4v) is 3.09. The maximum Gasteiger partial charge on any atom is 0.251 e. The van der Waals surface area contributed by atoms with Crippen molar-refractivity contribution in [3.63, 3.8) is 0 Å². The van der Waals surface area contributed by atoms with E-state index in [1.807, 2.05) is 26.0 Å². The number of rotatable bonds is 5. The molecule has 2 aromatic rings. The normalized spacial score (nSPS) is 11.6. The molecule has 0 saturated heterocycles. The molecule has 1 aromatic heterocycles. The molecule has 0 aliphatic rings. The number of carbonyl (C=O) groups is 1. The zero-order chi connectivity index (χ0) is 18.8. The van der Waals surface area contributed by atoms with Crippen molar-refractivity contribution in [3.8, 4) is 0 Å². The number of anilines is 1. The summed E-state index contributed by atoms with van der Waals surface area (Å²) < 4.78 is 26.4. The number of benzene rings is 1. The molecular formula is C17H21N3O4S. The minimum absolute atomic E-state index is 0.0453. The predicted molar refractivity (Wildman–Crippen MR) is 96.1 cm³/mol. The van der Waals surface area contributed by atoms with E-state index in [0.717, 1.165) is 26.1 Å². The second-order valence-electron chi connectivity index (χ2n) is 5.97. The summed E-state index contributed by atoms with van der Waals surface area (Å²) in [7, 11) is -0.879. The Kier molecular flexibility index (Phi) is 5.44. The number of hydrogen-bond acceptors (Lipinski definition) is 4. The summed E-state index contributed by atoms with van der Waals surface area (Å²) in [6, 6.07) is 7.87. The van der Waals surface area contributed by atoms with Crippen LogP contribution in [0.1, 0.15) is 11.1 Å². The lowest BCUT2D eigenvalue weighted by atomic mass is 10.1. The molecule has 0 fully saturated rings. The first-order chi connectivity index (χ1) is 11.6. The van der Waals surface area contributed by atoms with Crippen molar-refractivity contribution >= 4 is 21.6 Å². The van der Waals surface area contributed by atoms with Crippen LogP contribution in [-0.2, 0) is 21.4 Å². The van der Waals surface area contributed by atoms with E-state index < -0.39 is 21.5 Å². The van der Waals surface area contributed by atoms with E-state index in [2.05, 4.69) is 5.32 Å². The minimum Gasteiger partial charge on any atom is -0.325 e. The van der Waals surface area contributed by atoms with Crippen LogP contribution in [0.5, 0.6) is 0 Å². The zero-order valence-electron chi connectivity index (χ0n) is 14.6. The van der Waals surface area contributed by atoms with Crippen LogP contribution in [0.15, 0.2) is 46.2 Å². The van der Waals surface area contributed by atoms with E-state index in [1.165, 1.54) is 26.4 Å². The van der Waals surface area contributed by atoms with Crippen LogP contribution in [-0.4, -0.2) is 37.3 Å². The molecule has 7 nitrogen and oxygen atoms in total. The van der Waals surface area contributed by atoms with Gasteiger partial charge in [0, 0.05) is 32.0 Å². The van der Waals surface area contributed by atoms with Gasteiger partial charge < -0.3 is 9.88 Å². The standard InChI is InChI=1S/C17H21N3O4S/c1-12-5-6-14(9-13(12)2)18-16(21)11-20-10-15(7-8-17(20)22)25(23,24)19(3)4/h5-10H,11H2,1-4H3,(H,18,21). The highest BCUT2D eigenvalue weighted by atomic mass is 32.2. The molecule has 0 aliphatic heterocycles. The van der Waals surface area contributed by atoms with Crippen molar-refractivity contribution in [1.82, 2.24) is 8.87 Å². The van der Waals surface area contributed by atoms with Gasteiger partial charge in [0.25, 0.3) is 5.56 Å². The highest BCUT2D eigenvalue weighted by Gasteiger charge is 2.18. The average molecular weight is 363 g/mol. The van der Waals surface area contributed by atoms with Gasteiger partial charge in [-0.1, -0.05) is 6.07 Å². The van der Waals surface area contributed by atoms with Crippen LogP contribution in [0.25, 0.3) is 0 Å². The molecule has 0 unspecified atom stereocenters. The van der Waals surface area contributed by atoms with E-state index in [-0.39, 0.29) is 11.4 Å². The van der Waals surface area contributed by atoms with Gasteiger partial charge in [-0.05, 0) is 43.2 Å². The number of nitrogens with zero attached hydrogens (tertiary/aromatic N) is 2. The molecule has 0 aliphatic carbocycles. The third kappa shape index (κ3) is 4.34. The molecule has 1 amide bonds. The lowest BCUT2D eigenvalue weighted by Gasteiger charge is -2.13. The number of pyridine rings is 1. The van der Waals surface area contributed by atoms with Crippen molar-refractivity contribution in [1.29, 1.82) is 0 Å². The van der Waals surface area contributed by atoms with Gasteiger partial charge >= 0.3 is 0 Å². The van der Waals surface area contributed by atoms with Gasteiger partial charge in [-0.3, -0.25) is 9.59 Å². The van der Waals surface area contributed by atoms with E-state index in [4.69, 9.17) is 0 Å². The molecule has 1 N–H and O–H groups in total. The summed E-state index contributed by atoms with van der Waals surface area (Å²) in [5.41, 5.74) is 2.32. The molecule has 1 aromatic carbocycles. The Hall–Kier alpha value is -2.45. The number of carbonyl (C=O) groups excluding carboxylic acids is 1. The maximum atomic E-state index is 12.2. The molecule has 0 spiro atoms. The Balaban J connectivity index is 2.23. The highest BCUT2D eigenvalue weighted by molar-refractivity contribution is 7.89. The van der Waals surface area contributed by atoms with Gasteiger partial charge in [-0.15, -0.1) is 0 Å². The number of hydrogen-bond donors (Lipinski definition) is 1. The van der Waals surface area contributed by atoms with Crippen LogP contribution >= 0.6 is 0 Å². The van der Waals surface area contributed by atoms with Crippen LogP contribution in [0.3, 0.4) is 0 Å². The predicted octanol–water partition coefficient (Wildman–Crippen LogP) is 1.35. The SMILES string of the molecule is Cc1ccc(NC(=O)Cn2cc(S(=O)(=O)N(C)C)ccc2=O)cc1C. The molecule has 0 saturated carbocycles. The molecule has 25 heavy (non-hydrogen) atoms. The minimum atomic E-state index is -3.68. The molecule has 134 valence electrons. The van der Waals surface area contributed by atoms with Gasteiger partial charge in [0.2, 0.25) is 15.9 Å². The van der Waals surface area contributed by atoms with E-state index in [9.17, 15) is 18.0 Å². The second-order valence-corrected chi connectivity index (χ2v) is 8.12. The van der Waals surface area contributed by atoms with Crippen LogP contribution in [0.4, 0.5) is 5.69 Å². The fourth-order valence-electron chi connectivity index (χ4n) is 2.17. The topological polar surface area (TPSA) is 88.5 Å². The summed E-state index contributed by atoms with van der Waals surface area (Å²) >= 11 is 0. The first kappa shape index (κ1) is 18.9. The summed E-state index contributed by atoms with van der Waals surface area (Å²) in [5.74, 6) is -0.412. The summed E-state index contributed by atoms with van der Waals surface area (Å²) in [6.07, 6.45) is 1.18. The number of aromatic nitrogens is 1. The van der Waals surface area contributed by atoms with Crippen molar-refractivity contribution in [2.24, 2.45) is 0 Å². The second kappa shape index (κ2) is 7.20. The Labute approximate surface area is 147 Å². The highest BCUT2D eigenvalue weighted by Crippen LogP contribution is 2.14. The number of nitrogens with one attached hydrogen (secondary N) is 1. The smallest absolute Gasteiger partial charge is 0.251 e. The zero-order valence-corrected chi connectivity index (χ0v) is 15.4. The number of amides is 1. The number of aryl methyl sites for hydroxylation is 2. The Morgan fingerprint density at radius 3 is 2.40 bits per heavy atom. The average Bonchev–Trinajstić information content (AvgIpc) is 2.52. The van der Waals surface area contributed by atoms with Crippen LogP contribution < -0.4 is 10.9 Å². The first-order valence-electron chi connectivity index (χ1n) is 7.61. The van der Waals surface area contributed by atoms with Crippen molar-refractivity contribution in [2.45, 2.75) is 25.3 Å². The van der Waals surface area contributed by atoms with Gasteiger partial charge in [-0.25, -0.2) is 12.7 Å². The lowest BCUT2D eigenvalue weighted by molar-refractivity contribution is -0.116. The molecule has 0 atom stereocenters. The van der Waals surface area contributed by atoms with E-state index in [1.54, 1.807) is 6.07 Å². The van der Waals surface area contributed by atoms with Crippen molar-refractivity contribution in [2.75, 3.05) is 19.4 Å². The Bertz CT molecular complexity index is 962. The molecule has 2 rings (SSSR count). The third-order valence-electron chi connectivity index (χ3n) is 3.84.